The van der Waals surface area contributed by atoms with Crippen LogP contribution in [0.2, 0.25) is 0 Å². The molecule has 2 heterocycles. The molecule has 0 aliphatic carbocycles. The molecule has 0 spiro atoms. The van der Waals surface area contributed by atoms with Crippen LogP contribution >= 0.6 is 0 Å². The average molecular weight is 409 g/mol. The quantitative estimate of drug-likeness (QED) is 0.610. The van der Waals surface area contributed by atoms with Crippen molar-refractivity contribution in [2.24, 2.45) is 0 Å². The van der Waals surface area contributed by atoms with Crippen LogP contribution in [0.1, 0.15) is 18.2 Å². The largest absolute Gasteiger partial charge is 0.451 e. The van der Waals surface area contributed by atoms with Crippen molar-refractivity contribution in [3.05, 3.63) is 48.3 Å². The molecule has 28 heavy (non-hydrogen) atoms. The van der Waals surface area contributed by atoms with Gasteiger partial charge in [-0.25, -0.2) is 18.4 Å². The molecular weight excluding hydrogens is 392 g/mol. The predicted octanol–water partition coefficient (Wildman–Crippen LogP) is 2.88. The monoisotopic (exact) mass is 409 g/mol. The maximum Gasteiger partial charge on any atom is 0.341 e. The minimum absolute atomic E-state index is 0.0429. The zero-order chi connectivity index (χ0) is 20.3. The van der Waals surface area contributed by atoms with Crippen molar-refractivity contribution in [2.75, 3.05) is 11.1 Å². The number of aryl methyl sites for hydroxylation is 1. The fraction of sp³-hybridized carbons (Fsp3) is 0.235. The van der Waals surface area contributed by atoms with Crippen LogP contribution in [-0.4, -0.2) is 29.1 Å². The van der Waals surface area contributed by atoms with Crippen LogP contribution in [-0.2, 0) is 22.8 Å². The maximum absolute atomic E-state index is 12.9. The summed E-state index contributed by atoms with van der Waals surface area (Å²) in [6, 6.07) is 3.85. The average Bonchev–Trinajstić information content (AvgIpc) is 3.19. The molecule has 3 aromatic rings. The van der Waals surface area contributed by atoms with E-state index in [9.17, 15) is 17.2 Å². The van der Waals surface area contributed by atoms with Gasteiger partial charge in [-0.3, -0.25) is 0 Å². The summed E-state index contributed by atoms with van der Waals surface area (Å²) in [5.74, 6) is -3.04. The highest BCUT2D eigenvalue weighted by atomic mass is 32.2. The Morgan fingerprint density at radius 2 is 2.04 bits per heavy atom. The molecule has 148 valence electrons. The van der Waals surface area contributed by atoms with E-state index in [2.05, 4.69) is 20.3 Å². The molecule has 1 aromatic carbocycles. The Balaban J connectivity index is 2.03. The number of nitrogen functional groups attached to an aromatic ring is 1. The third-order valence-electron chi connectivity index (χ3n) is 4.04. The molecule has 3 N–H and O–H groups in total. The Kier molecular flexibility index (Phi) is 5.54. The van der Waals surface area contributed by atoms with Crippen LogP contribution < -0.4 is 11.1 Å². The highest BCUT2D eigenvalue weighted by Gasteiger charge is 2.27. The predicted molar refractivity (Wildman–Crippen MR) is 98.3 cm³/mol. The molecule has 2 aromatic heterocycles. The summed E-state index contributed by atoms with van der Waals surface area (Å²) < 4.78 is 54.2. The number of oxazole rings is 1. The molecule has 0 aliphatic rings. The second-order valence-electron chi connectivity index (χ2n) is 5.80. The summed E-state index contributed by atoms with van der Waals surface area (Å²) in [6.07, 6.45) is 4.67. The van der Waals surface area contributed by atoms with E-state index in [-0.39, 0.29) is 5.95 Å². The van der Waals surface area contributed by atoms with Crippen LogP contribution in [0.25, 0.3) is 11.1 Å². The van der Waals surface area contributed by atoms with Crippen molar-refractivity contribution in [2.45, 2.75) is 30.5 Å². The molecule has 0 amide bonds. The molecule has 0 saturated heterocycles. The van der Waals surface area contributed by atoms with E-state index in [0.717, 1.165) is 6.07 Å². The first-order chi connectivity index (χ1) is 13.3. The smallest absolute Gasteiger partial charge is 0.341 e. The van der Waals surface area contributed by atoms with E-state index >= 15 is 0 Å². The van der Waals surface area contributed by atoms with Gasteiger partial charge in [-0.05, 0) is 29.7 Å². The molecule has 0 bridgehead atoms. The first-order valence-electron chi connectivity index (χ1n) is 8.21. The highest BCUT2D eigenvalue weighted by Crippen LogP contribution is 2.32. The van der Waals surface area contributed by atoms with Gasteiger partial charge in [0.2, 0.25) is 15.8 Å². The first kappa shape index (κ1) is 19.7. The number of nitrogens with two attached hydrogens (primary N) is 1. The summed E-state index contributed by atoms with van der Waals surface area (Å²) in [5.41, 5.74) is 8.03. The van der Waals surface area contributed by atoms with Gasteiger partial charge in [-0.15, -0.1) is 0 Å². The van der Waals surface area contributed by atoms with Crippen molar-refractivity contribution in [3.63, 3.8) is 0 Å². The topological polar surface area (TPSA) is 124 Å². The zero-order valence-electron chi connectivity index (χ0n) is 14.8. The lowest BCUT2D eigenvalue weighted by molar-refractivity contribution is 0.234. The molecule has 0 fully saturated rings. The summed E-state index contributed by atoms with van der Waals surface area (Å²) in [4.78, 5) is 11.7. The van der Waals surface area contributed by atoms with Gasteiger partial charge in [0.05, 0.1) is 17.1 Å². The Labute approximate surface area is 159 Å². The zero-order valence-corrected chi connectivity index (χ0v) is 15.6. The molecule has 3 rings (SSSR count). The summed E-state index contributed by atoms with van der Waals surface area (Å²) >= 11 is 0. The fourth-order valence-corrected chi connectivity index (χ4v) is 3.40. The van der Waals surface area contributed by atoms with Crippen LogP contribution in [0, 0.1) is 0 Å². The number of rotatable bonds is 7. The number of halogens is 2. The van der Waals surface area contributed by atoms with Crippen LogP contribution in [0.3, 0.4) is 0 Å². The van der Waals surface area contributed by atoms with E-state index in [1.165, 1.54) is 31.0 Å². The molecule has 8 nitrogen and oxygen atoms in total. The second-order valence-corrected chi connectivity index (χ2v) is 7.72. The first-order valence-corrected chi connectivity index (χ1v) is 9.76. The van der Waals surface area contributed by atoms with Crippen LogP contribution in [0.5, 0.6) is 0 Å². The van der Waals surface area contributed by atoms with E-state index in [0.29, 0.717) is 41.2 Å². The number of hydrogen-bond donors (Lipinski definition) is 2. The molecule has 0 atom stereocenters. The highest BCUT2D eigenvalue weighted by molar-refractivity contribution is 7.91. The fourth-order valence-electron chi connectivity index (χ4n) is 2.63. The lowest BCUT2D eigenvalue weighted by Gasteiger charge is -2.15. The number of nitrogens with one attached hydrogen (secondary N) is 1. The van der Waals surface area contributed by atoms with Gasteiger partial charge in [0.25, 0.3) is 0 Å². The number of hydrogen-bond acceptors (Lipinski definition) is 8. The normalized spacial score (nSPS) is 11.7. The minimum atomic E-state index is -4.68. The van der Waals surface area contributed by atoms with Crippen molar-refractivity contribution >= 4 is 21.6 Å². The molecule has 0 unspecified atom stereocenters. The lowest BCUT2D eigenvalue weighted by Crippen LogP contribution is -2.12. The van der Waals surface area contributed by atoms with Crippen molar-refractivity contribution in [1.82, 2.24) is 15.0 Å². The van der Waals surface area contributed by atoms with Gasteiger partial charge in [0.1, 0.15) is 12.1 Å². The summed E-state index contributed by atoms with van der Waals surface area (Å²) in [5, 5.41) is 3.08. The van der Waals surface area contributed by atoms with E-state index in [1.54, 1.807) is 6.92 Å². The molecular formula is C17H17F2N5O3S. The second kappa shape index (κ2) is 7.89. The van der Waals surface area contributed by atoms with E-state index in [4.69, 9.17) is 10.2 Å². The van der Waals surface area contributed by atoms with Crippen molar-refractivity contribution < 1.29 is 21.6 Å². The lowest BCUT2D eigenvalue weighted by atomic mass is 9.99. The van der Waals surface area contributed by atoms with Gasteiger partial charge in [0, 0.05) is 11.8 Å². The van der Waals surface area contributed by atoms with Gasteiger partial charge in [-0.2, -0.15) is 13.8 Å². The molecule has 0 saturated carbocycles. The summed E-state index contributed by atoms with van der Waals surface area (Å²) in [7, 11) is -4.68. The SMILES string of the molecule is CCc1cc(S(=O)(=O)C(F)F)ccc1-c1cnc(N)nc1NCc1cocn1. The number of alkyl halides is 2. The van der Waals surface area contributed by atoms with Crippen LogP contribution in [0.15, 0.2) is 46.4 Å². The van der Waals surface area contributed by atoms with Gasteiger partial charge >= 0.3 is 5.76 Å². The van der Waals surface area contributed by atoms with Crippen molar-refractivity contribution in [3.8, 4) is 11.1 Å². The van der Waals surface area contributed by atoms with Gasteiger partial charge in [-0.1, -0.05) is 13.0 Å². The Hall–Kier alpha value is -3.08. The van der Waals surface area contributed by atoms with Gasteiger partial charge < -0.3 is 15.5 Å². The Bertz CT molecular complexity index is 1070. The molecule has 11 heteroatoms. The number of nitrogens with zero attached hydrogens (tertiary/aromatic N) is 3. The number of benzene rings is 1. The third kappa shape index (κ3) is 3.93. The molecule has 0 radical (unpaired) electrons. The van der Waals surface area contributed by atoms with Gasteiger partial charge in [0.15, 0.2) is 6.39 Å². The minimum Gasteiger partial charge on any atom is -0.451 e. The van der Waals surface area contributed by atoms with E-state index in [1.807, 2.05) is 0 Å². The number of anilines is 2. The Morgan fingerprint density at radius 1 is 1.25 bits per heavy atom. The van der Waals surface area contributed by atoms with Crippen LogP contribution in [0.4, 0.5) is 20.5 Å². The number of aromatic nitrogens is 3. The molecule has 0 aliphatic heterocycles. The standard InChI is InChI=1S/C17H17F2N5O3S/c1-2-10-5-12(28(25,26)16(18)19)3-4-13(10)14-7-22-17(20)24-15(14)21-6-11-8-27-9-23-11/h3-5,7-9,16H,2,6H2,1H3,(H3,20,21,22,24). The number of sulfone groups is 1. The van der Waals surface area contributed by atoms with E-state index < -0.39 is 20.5 Å². The van der Waals surface area contributed by atoms with Crippen molar-refractivity contribution in [1.29, 1.82) is 0 Å². The summed E-state index contributed by atoms with van der Waals surface area (Å²) in [6.45, 7) is 2.09. The maximum atomic E-state index is 12.9. The Morgan fingerprint density at radius 3 is 2.68 bits per heavy atom. The third-order valence-corrected chi connectivity index (χ3v) is 5.42.